The van der Waals surface area contributed by atoms with Gasteiger partial charge in [0.15, 0.2) is 11.7 Å². The number of oxazole rings is 1. The fraction of sp³-hybridized carbons (Fsp3) is 0.568. The molecule has 3 aromatic rings. The average Bonchev–Trinajstić information content (AvgIpc) is 3.64. The number of piperidine rings is 1. The maximum atomic E-state index is 11.7. The number of pyridine rings is 1. The minimum absolute atomic E-state index is 0.0174. The minimum atomic E-state index is -0.0174. The highest BCUT2D eigenvalue weighted by Crippen LogP contribution is 2.53. The Hall–Kier alpha value is -3.70. The first-order valence-corrected chi connectivity index (χ1v) is 16.5. The summed E-state index contributed by atoms with van der Waals surface area (Å²) in [4.78, 5) is 38.6. The van der Waals surface area contributed by atoms with Crippen molar-refractivity contribution in [2.24, 2.45) is 18.2 Å². The first-order valence-electron chi connectivity index (χ1n) is 16.5. The standard InChI is InChI=1S/C22H26N2O3.C10H19N.C2H6.C2H2.CH3NO/c1-3-18(25)8-6-4-5-7-9-21-23-15-20(27-21)17-10-12-19-16(14-17)11-13-22(26)24(19)2;1-9(2)11-7-5-10(3-4-10)6-8-11;2*1-2;2-1-3/h10-15H,3-9H2,1-2H3;9H,3-8H2,1-2H3;1-2H3;1-2H;1H,(H2,2,3). The summed E-state index contributed by atoms with van der Waals surface area (Å²) in [6.07, 6.45) is 22.3. The van der Waals surface area contributed by atoms with E-state index in [2.05, 4.69) is 42.3 Å². The van der Waals surface area contributed by atoms with E-state index in [9.17, 15) is 9.59 Å². The number of rotatable bonds is 10. The molecule has 45 heavy (non-hydrogen) atoms. The van der Waals surface area contributed by atoms with E-state index >= 15 is 0 Å². The predicted molar refractivity (Wildman–Crippen MR) is 186 cm³/mol. The number of amides is 1. The third-order valence-corrected chi connectivity index (χ3v) is 8.50. The van der Waals surface area contributed by atoms with Gasteiger partial charge >= 0.3 is 0 Å². The second-order valence-corrected chi connectivity index (χ2v) is 11.7. The molecule has 8 heteroatoms. The van der Waals surface area contributed by atoms with Crippen LogP contribution in [0.1, 0.15) is 105 Å². The van der Waals surface area contributed by atoms with Crippen LogP contribution in [-0.4, -0.2) is 45.8 Å². The third kappa shape index (κ3) is 13.1. The van der Waals surface area contributed by atoms with Crippen molar-refractivity contribution in [1.29, 1.82) is 0 Å². The number of nitrogens with zero attached hydrogens (tertiary/aromatic N) is 3. The highest BCUT2D eigenvalue weighted by molar-refractivity contribution is 5.83. The predicted octanol–water partition coefficient (Wildman–Crippen LogP) is 7.31. The van der Waals surface area contributed by atoms with Crippen LogP contribution in [0.5, 0.6) is 0 Å². The van der Waals surface area contributed by atoms with E-state index in [4.69, 9.17) is 9.21 Å². The number of likely N-dealkylation sites (tertiary alicyclic amines) is 1. The van der Waals surface area contributed by atoms with Gasteiger partial charge in [0.05, 0.1) is 11.7 Å². The summed E-state index contributed by atoms with van der Waals surface area (Å²) < 4.78 is 7.54. The molecule has 248 valence electrons. The lowest BCUT2D eigenvalue weighted by Crippen LogP contribution is -2.38. The normalized spacial score (nSPS) is 14.4. The molecule has 0 radical (unpaired) electrons. The Labute approximate surface area is 270 Å². The van der Waals surface area contributed by atoms with Crippen molar-refractivity contribution in [2.75, 3.05) is 13.1 Å². The second kappa shape index (κ2) is 21.1. The molecule has 1 aromatic carbocycles. The van der Waals surface area contributed by atoms with Gasteiger partial charge in [0.2, 0.25) is 6.41 Å². The van der Waals surface area contributed by atoms with Crippen LogP contribution in [0.4, 0.5) is 0 Å². The number of aromatic nitrogens is 2. The van der Waals surface area contributed by atoms with Gasteiger partial charge < -0.3 is 19.6 Å². The Morgan fingerprint density at radius 1 is 1.04 bits per heavy atom. The Morgan fingerprint density at radius 3 is 2.24 bits per heavy atom. The summed E-state index contributed by atoms with van der Waals surface area (Å²) in [6, 6.07) is 10.1. The molecular weight excluding hydrogens is 564 g/mol. The Bertz CT molecular complexity index is 1360. The molecule has 2 aliphatic rings. The van der Waals surface area contributed by atoms with Gasteiger partial charge in [-0.3, -0.25) is 14.4 Å². The lowest BCUT2D eigenvalue weighted by Gasteiger charge is -2.34. The number of terminal acetylenes is 1. The molecule has 1 aliphatic heterocycles. The summed E-state index contributed by atoms with van der Waals surface area (Å²) >= 11 is 0. The SMILES string of the molecule is C#C.CC.CC(C)N1CCC2(CC1)CC2.CCC(=O)CCCCCCc1ncc(-c2ccc3c(ccc(=O)n3C)c2)o1.NC=O. The number of hydrogen-bond donors (Lipinski definition) is 1. The van der Waals surface area contributed by atoms with Crippen LogP contribution in [0, 0.1) is 18.3 Å². The van der Waals surface area contributed by atoms with Crippen molar-refractivity contribution in [3.63, 3.8) is 0 Å². The number of carbonyl (C=O) groups excluding carboxylic acids is 2. The Kier molecular flexibility index (Phi) is 18.4. The molecule has 1 amide bonds. The van der Waals surface area contributed by atoms with Crippen molar-refractivity contribution < 1.29 is 14.0 Å². The van der Waals surface area contributed by atoms with Crippen LogP contribution < -0.4 is 11.3 Å². The number of benzene rings is 1. The van der Waals surface area contributed by atoms with E-state index in [1.807, 2.05) is 45.0 Å². The Morgan fingerprint density at radius 2 is 1.67 bits per heavy atom. The van der Waals surface area contributed by atoms with E-state index in [-0.39, 0.29) is 12.0 Å². The highest BCUT2D eigenvalue weighted by Gasteiger charge is 2.44. The smallest absolute Gasteiger partial charge is 0.250 e. The van der Waals surface area contributed by atoms with Gasteiger partial charge in [-0.25, -0.2) is 4.98 Å². The van der Waals surface area contributed by atoms with Crippen LogP contribution in [0.25, 0.3) is 22.2 Å². The van der Waals surface area contributed by atoms with Gasteiger partial charge in [-0.1, -0.05) is 33.6 Å². The minimum Gasteiger partial charge on any atom is -0.441 e. The lowest BCUT2D eigenvalue weighted by atomic mass is 9.93. The van der Waals surface area contributed by atoms with Crippen LogP contribution in [0.2, 0.25) is 0 Å². The summed E-state index contributed by atoms with van der Waals surface area (Å²) in [6.45, 7) is 13.3. The molecule has 0 atom stereocenters. The molecule has 3 heterocycles. The molecule has 2 N–H and O–H groups in total. The quantitative estimate of drug-likeness (QED) is 0.144. The van der Waals surface area contributed by atoms with Gasteiger partial charge in [-0.2, -0.15) is 0 Å². The third-order valence-electron chi connectivity index (χ3n) is 8.50. The van der Waals surface area contributed by atoms with Crippen LogP contribution in [-0.2, 0) is 23.1 Å². The van der Waals surface area contributed by atoms with Crippen molar-refractivity contribution >= 4 is 23.1 Å². The zero-order valence-electron chi connectivity index (χ0n) is 28.5. The van der Waals surface area contributed by atoms with Gasteiger partial charge in [0, 0.05) is 44.0 Å². The molecule has 1 aliphatic carbocycles. The molecular formula is C37H56N4O4. The largest absolute Gasteiger partial charge is 0.441 e. The lowest BCUT2D eigenvalue weighted by molar-refractivity contribution is -0.118. The molecule has 0 unspecified atom stereocenters. The average molecular weight is 621 g/mol. The summed E-state index contributed by atoms with van der Waals surface area (Å²) in [5, 5.41) is 0.995. The van der Waals surface area contributed by atoms with E-state index in [1.165, 1.54) is 38.8 Å². The molecule has 0 bridgehead atoms. The van der Waals surface area contributed by atoms with Gasteiger partial charge in [-0.15, -0.1) is 12.8 Å². The van der Waals surface area contributed by atoms with Crippen LogP contribution >= 0.6 is 0 Å². The van der Waals surface area contributed by atoms with Crippen molar-refractivity contribution in [1.82, 2.24) is 14.5 Å². The number of carbonyl (C=O) groups is 2. The number of hydrogen-bond acceptors (Lipinski definition) is 6. The topological polar surface area (TPSA) is 111 Å². The van der Waals surface area contributed by atoms with Crippen molar-refractivity contribution in [3.8, 4) is 24.2 Å². The fourth-order valence-electron chi connectivity index (χ4n) is 5.42. The van der Waals surface area contributed by atoms with E-state index in [0.29, 0.717) is 18.6 Å². The van der Waals surface area contributed by atoms with Gasteiger partial charge in [0.25, 0.3) is 5.56 Å². The number of primary amides is 1. The molecule has 1 saturated carbocycles. The van der Waals surface area contributed by atoms with Crippen LogP contribution in [0.15, 0.2) is 45.7 Å². The molecule has 5 rings (SSSR count). The Balaban J connectivity index is 0.000000463. The highest BCUT2D eigenvalue weighted by atomic mass is 16.4. The number of nitrogens with two attached hydrogens (primary N) is 1. The van der Waals surface area contributed by atoms with Crippen molar-refractivity contribution in [3.05, 3.63) is 52.8 Å². The van der Waals surface area contributed by atoms with E-state index < -0.39 is 0 Å². The number of fused-ring (bicyclic) bond motifs is 1. The number of ketones is 1. The first kappa shape index (κ1) is 39.3. The number of unbranched alkanes of at least 4 members (excludes halogenated alkanes) is 3. The van der Waals surface area contributed by atoms with Gasteiger partial charge in [-0.05, 0) is 101 Å². The molecule has 1 saturated heterocycles. The van der Waals surface area contributed by atoms with Crippen molar-refractivity contribution in [2.45, 2.75) is 111 Å². The van der Waals surface area contributed by atoms with E-state index in [0.717, 1.165) is 71.7 Å². The summed E-state index contributed by atoms with van der Waals surface area (Å²) in [5.41, 5.74) is 6.85. The van der Waals surface area contributed by atoms with E-state index in [1.54, 1.807) is 23.9 Å². The fourth-order valence-corrected chi connectivity index (χ4v) is 5.42. The molecule has 2 aromatic heterocycles. The number of aryl methyl sites for hydroxylation is 2. The second-order valence-electron chi connectivity index (χ2n) is 11.7. The first-order chi connectivity index (χ1) is 21.7. The summed E-state index contributed by atoms with van der Waals surface area (Å²) in [5.74, 6) is 1.84. The maximum absolute atomic E-state index is 11.7. The zero-order valence-corrected chi connectivity index (χ0v) is 28.5. The van der Waals surface area contributed by atoms with Gasteiger partial charge in [0.1, 0.15) is 5.78 Å². The van der Waals surface area contributed by atoms with Crippen LogP contribution in [0.3, 0.4) is 0 Å². The zero-order chi connectivity index (χ0) is 33.8. The monoisotopic (exact) mass is 620 g/mol. The maximum Gasteiger partial charge on any atom is 0.250 e. The molecule has 2 fully saturated rings. The summed E-state index contributed by atoms with van der Waals surface area (Å²) in [7, 11) is 1.77. The molecule has 8 nitrogen and oxygen atoms in total. The number of Topliss-reactive ketones (excluding diaryl/α,β-unsaturated/α-hetero) is 1. The molecule has 1 spiro atoms.